The minimum absolute atomic E-state index is 0.0131. The number of pyridine rings is 1. The summed E-state index contributed by atoms with van der Waals surface area (Å²) in [5.74, 6) is -0.868. The molecule has 0 radical (unpaired) electrons. The van der Waals surface area contributed by atoms with E-state index in [1.54, 1.807) is 6.20 Å². The fraction of sp³-hybridized carbons (Fsp3) is 0.579. The summed E-state index contributed by atoms with van der Waals surface area (Å²) in [6.07, 6.45) is 5.18. The number of rotatable bonds is 5. The molecule has 1 N–H and O–H groups in total. The third kappa shape index (κ3) is 3.57. The van der Waals surface area contributed by atoms with Gasteiger partial charge in [-0.2, -0.15) is 5.10 Å². The first kappa shape index (κ1) is 18.4. The molecule has 1 aliphatic heterocycles. The number of hydrogen-bond donors (Lipinski definition) is 1. The van der Waals surface area contributed by atoms with Gasteiger partial charge in [0.05, 0.1) is 17.5 Å². The maximum absolute atomic E-state index is 13.2. The van der Waals surface area contributed by atoms with Crippen molar-refractivity contribution in [1.29, 1.82) is 0 Å². The highest BCUT2D eigenvalue weighted by Crippen LogP contribution is 2.26. The minimum Gasteiger partial charge on any atom is -0.481 e. The van der Waals surface area contributed by atoms with Gasteiger partial charge in [0.25, 0.3) is 5.91 Å². The van der Waals surface area contributed by atoms with E-state index in [-0.39, 0.29) is 24.4 Å². The third-order valence-corrected chi connectivity index (χ3v) is 5.06. The van der Waals surface area contributed by atoms with Gasteiger partial charge in [-0.05, 0) is 52.5 Å². The second-order valence-electron chi connectivity index (χ2n) is 7.30. The normalized spacial score (nSPS) is 17.8. The van der Waals surface area contributed by atoms with Gasteiger partial charge in [0, 0.05) is 30.4 Å². The van der Waals surface area contributed by atoms with Crippen molar-refractivity contribution >= 4 is 22.9 Å². The van der Waals surface area contributed by atoms with Crippen molar-refractivity contribution in [2.24, 2.45) is 0 Å². The van der Waals surface area contributed by atoms with Crippen molar-refractivity contribution in [3.8, 4) is 0 Å². The maximum atomic E-state index is 13.2. The Morgan fingerprint density at radius 3 is 2.81 bits per heavy atom. The molecule has 1 fully saturated rings. The lowest BCUT2D eigenvalue weighted by Gasteiger charge is -2.36. The zero-order valence-electron chi connectivity index (χ0n) is 15.6. The average Bonchev–Trinajstić information content (AvgIpc) is 3.01. The van der Waals surface area contributed by atoms with Crippen molar-refractivity contribution in [3.05, 3.63) is 23.5 Å². The predicted octanol–water partition coefficient (Wildman–Crippen LogP) is 3.18. The molecular formula is C19H26N4O3. The summed E-state index contributed by atoms with van der Waals surface area (Å²) in [4.78, 5) is 30.6. The zero-order chi connectivity index (χ0) is 18.8. The molecule has 1 saturated heterocycles. The lowest BCUT2D eigenvalue weighted by Crippen LogP contribution is -2.44. The number of aliphatic carboxylic acids is 1. The summed E-state index contributed by atoms with van der Waals surface area (Å²) in [6, 6.07) is 2.05. The van der Waals surface area contributed by atoms with Crippen LogP contribution in [0.5, 0.6) is 0 Å². The van der Waals surface area contributed by atoms with Crippen LogP contribution in [-0.2, 0) is 4.79 Å². The molecule has 3 rings (SSSR count). The Hall–Kier alpha value is -2.44. The molecule has 0 saturated carbocycles. The summed E-state index contributed by atoms with van der Waals surface area (Å²) in [5.41, 5.74) is 2.06. The molecule has 2 aromatic rings. The van der Waals surface area contributed by atoms with Gasteiger partial charge in [0.15, 0.2) is 5.65 Å². The van der Waals surface area contributed by atoms with Gasteiger partial charge in [-0.3, -0.25) is 9.59 Å². The fourth-order valence-corrected chi connectivity index (χ4v) is 3.67. The first-order valence-corrected chi connectivity index (χ1v) is 9.26. The van der Waals surface area contributed by atoms with E-state index in [9.17, 15) is 9.59 Å². The number of carboxylic acids is 1. The molecule has 1 unspecified atom stereocenters. The second kappa shape index (κ2) is 7.43. The Bertz CT molecular complexity index is 828. The Balaban J connectivity index is 1.90. The van der Waals surface area contributed by atoms with Crippen molar-refractivity contribution < 1.29 is 14.7 Å². The van der Waals surface area contributed by atoms with Crippen LogP contribution in [0.15, 0.2) is 12.3 Å². The van der Waals surface area contributed by atoms with Crippen LogP contribution in [0.25, 0.3) is 11.0 Å². The number of piperidine rings is 1. The number of nitrogens with zero attached hydrogens (tertiary/aromatic N) is 4. The van der Waals surface area contributed by atoms with Crippen LogP contribution in [0.1, 0.15) is 68.0 Å². The van der Waals surface area contributed by atoms with Gasteiger partial charge in [0.2, 0.25) is 0 Å². The SMILES string of the molecule is Cc1nc2c(cnn2C(C)C)cc1C(=O)N1CCCCC1CCC(=O)O. The molecule has 0 bridgehead atoms. The molecule has 2 aromatic heterocycles. The van der Waals surface area contributed by atoms with E-state index < -0.39 is 5.97 Å². The monoisotopic (exact) mass is 358 g/mol. The molecule has 7 nitrogen and oxygen atoms in total. The van der Waals surface area contributed by atoms with Gasteiger partial charge in [-0.25, -0.2) is 9.67 Å². The van der Waals surface area contributed by atoms with Crippen LogP contribution < -0.4 is 0 Å². The van der Waals surface area contributed by atoms with E-state index >= 15 is 0 Å². The minimum atomic E-state index is -0.816. The highest BCUT2D eigenvalue weighted by molar-refractivity contribution is 5.98. The number of aromatic nitrogens is 3. The smallest absolute Gasteiger partial charge is 0.303 e. The molecule has 1 amide bonds. The van der Waals surface area contributed by atoms with Crippen LogP contribution in [0, 0.1) is 6.92 Å². The number of carboxylic acid groups (broad SMARTS) is 1. The summed E-state index contributed by atoms with van der Waals surface area (Å²) in [7, 11) is 0. The highest BCUT2D eigenvalue weighted by atomic mass is 16.4. The van der Waals surface area contributed by atoms with E-state index in [1.807, 2.05) is 36.4 Å². The Morgan fingerprint density at radius 1 is 1.35 bits per heavy atom. The summed E-state index contributed by atoms with van der Waals surface area (Å²) >= 11 is 0. The van der Waals surface area contributed by atoms with E-state index in [0.29, 0.717) is 24.2 Å². The maximum Gasteiger partial charge on any atom is 0.303 e. The number of aryl methyl sites for hydroxylation is 1. The van der Waals surface area contributed by atoms with Crippen molar-refractivity contribution in [2.75, 3.05) is 6.54 Å². The lowest BCUT2D eigenvalue weighted by atomic mass is 9.96. The first-order valence-electron chi connectivity index (χ1n) is 9.26. The Kier molecular flexibility index (Phi) is 5.25. The van der Waals surface area contributed by atoms with Crippen LogP contribution in [0.3, 0.4) is 0 Å². The van der Waals surface area contributed by atoms with Crippen LogP contribution in [-0.4, -0.2) is 49.2 Å². The molecule has 0 aromatic carbocycles. The van der Waals surface area contributed by atoms with Crippen molar-refractivity contribution in [2.45, 2.75) is 65.0 Å². The molecule has 26 heavy (non-hydrogen) atoms. The molecule has 0 aliphatic carbocycles. The molecule has 0 spiro atoms. The van der Waals surface area contributed by atoms with Crippen LogP contribution in [0.2, 0.25) is 0 Å². The molecular weight excluding hydrogens is 332 g/mol. The van der Waals surface area contributed by atoms with Gasteiger partial charge >= 0.3 is 5.97 Å². The number of likely N-dealkylation sites (tertiary alicyclic amines) is 1. The average molecular weight is 358 g/mol. The van der Waals surface area contributed by atoms with E-state index in [2.05, 4.69) is 10.1 Å². The molecule has 1 aliphatic rings. The van der Waals surface area contributed by atoms with E-state index in [4.69, 9.17) is 5.11 Å². The molecule has 140 valence electrons. The summed E-state index contributed by atoms with van der Waals surface area (Å²) in [5, 5.41) is 14.2. The Morgan fingerprint density at radius 2 is 2.12 bits per heavy atom. The lowest BCUT2D eigenvalue weighted by molar-refractivity contribution is -0.137. The van der Waals surface area contributed by atoms with Crippen molar-refractivity contribution in [1.82, 2.24) is 19.7 Å². The van der Waals surface area contributed by atoms with Gasteiger partial charge in [0.1, 0.15) is 0 Å². The quantitative estimate of drug-likeness (QED) is 0.887. The summed E-state index contributed by atoms with van der Waals surface area (Å²) in [6.45, 7) is 6.61. The van der Waals surface area contributed by atoms with E-state index in [0.717, 1.165) is 30.3 Å². The predicted molar refractivity (Wildman–Crippen MR) is 98.2 cm³/mol. The fourth-order valence-electron chi connectivity index (χ4n) is 3.67. The number of hydrogen-bond acceptors (Lipinski definition) is 4. The van der Waals surface area contributed by atoms with Crippen LogP contribution in [0.4, 0.5) is 0 Å². The van der Waals surface area contributed by atoms with Crippen LogP contribution >= 0.6 is 0 Å². The van der Waals surface area contributed by atoms with E-state index in [1.165, 1.54) is 0 Å². The Labute approximate surface area is 153 Å². The third-order valence-electron chi connectivity index (χ3n) is 5.06. The molecule has 7 heteroatoms. The summed E-state index contributed by atoms with van der Waals surface area (Å²) < 4.78 is 1.85. The van der Waals surface area contributed by atoms with Crippen molar-refractivity contribution in [3.63, 3.8) is 0 Å². The zero-order valence-corrected chi connectivity index (χ0v) is 15.6. The number of carbonyl (C=O) groups excluding carboxylic acids is 1. The van der Waals surface area contributed by atoms with Gasteiger partial charge in [-0.1, -0.05) is 0 Å². The molecule has 1 atom stereocenters. The largest absolute Gasteiger partial charge is 0.481 e. The number of amides is 1. The van der Waals surface area contributed by atoms with Gasteiger partial charge in [-0.15, -0.1) is 0 Å². The highest BCUT2D eigenvalue weighted by Gasteiger charge is 2.29. The topological polar surface area (TPSA) is 88.3 Å². The number of carbonyl (C=O) groups is 2. The van der Waals surface area contributed by atoms with Gasteiger partial charge < -0.3 is 10.0 Å². The first-order chi connectivity index (χ1) is 12.4. The molecule has 3 heterocycles. The second-order valence-corrected chi connectivity index (χ2v) is 7.30. The standard InChI is InChI=1S/C19H26N4O3/c1-12(2)23-18-14(11-20-23)10-16(13(3)21-18)19(26)22-9-5-4-6-15(22)7-8-17(24)25/h10-12,15H,4-9H2,1-3H3,(H,24,25). The number of fused-ring (bicyclic) bond motifs is 1.